The van der Waals surface area contributed by atoms with Crippen molar-refractivity contribution in [2.45, 2.75) is 0 Å². The van der Waals surface area contributed by atoms with Crippen LogP contribution in [0.5, 0.6) is 0 Å². The van der Waals surface area contributed by atoms with E-state index in [1.54, 1.807) is 0 Å². The first-order valence-corrected chi connectivity index (χ1v) is 15.6. The summed E-state index contributed by atoms with van der Waals surface area (Å²) in [5.41, 5.74) is 9.52. The number of hydrogen-bond donors (Lipinski definition) is 0. The number of nitrogens with zero attached hydrogens (tertiary/aromatic N) is 4. The second-order valence-electron chi connectivity index (χ2n) is 11.5. The summed E-state index contributed by atoms with van der Waals surface area (Å²) >= 11 is 0. The molecule has 3 heterocycles. The van der Waals surface area contributed by atoms with Crippen LogP contribution in [0.25, 0.3) is 89.4 Å². The minimum atomic E-state index is 0.617. The molecule has 0 N–H and O–H groups in total. The smallest absolute Gasteiger partial charge is 0.227 e. The molecule has 0 amide bonds. The molecule has 6 aromatic carbocycles. The molecule has 220 valence electrons. The fourth-order valence-corrected chi connectivity index (χ4v) is 6.28. The van der Waals surface area contributed by atoms with Crippen molar-refractivity contribution in [3.8, 4) is 56.4 Å². The van der Waals surface area contributed by atoms with Gasteiger partial charge in [-0.1, -0.05) is 140 Å². The van der Waals surface area contributed by atoms with Crippen LogP contribution in [0.3, 0.4) is 0 Å². The molecule has 0 aliphatic carbocycles. The topological polar surface area (TPSA) is 64.7 Å². The zero-order valence-corrected chi connectivity index (χ0v) is 25.2. The van der Waals surface area contributed by atoms with E-state index < -0.39 is 0 Å². The summed E-state index contributed by atoms with van der Waals surface area (Å²) in [7, 11) is 0. The number of pyridine rings is 1. The fourth-order valence-electron chi connectivity index (χ4n) is 6.28. The van der Waals surface area contributed by atoms with Crippen LogP contribution in [0.2, 0.25) is 0 Å². The van der Waals surface area contributed by atoms with Crippen LogP contribution in [0, 0.1) is 0 Å². The van der Waals surface area contributed by atoms with E-state index in [0.29, 0.717) is 23.2 Å². The van der Waals surface area contributed by atoms with Crippen molar-refractivity contribution >= 4 is 33.0 Å². The molecule has 9 rings (SSSR count). The first kappa shape index (κ1) is 26.9. The quantitative estimate of drug-likeness (QED) is 0.196. The highest BCUT2D eigenvalue weighted by atomic mass is 16.3. The molecule has 0 spiro atoms. The number of rotatable bonds is 5. The van der Waals surface area contributed by atoms with Crippen molar-refractivity contribution in [2.75, 3.05) is 0 Å². The van der Waals surface area contributed by atoms with Crippen molar-refractivity contribution in [2.24, 2.45) is 0 Å². The van der Waals surface area contributed by atoms with Crippen LogP contribution < -0.4 is 0 Å². The molecule has 0 radical (unpaired) electrons. The van der Waals surface area contributed by atoms with Crippen molar-refractivity contribution in [1.82, 2.24) is 19.9 Å². The Balaban J connectivity index is 1.17. The molecular formula is C42H26N4O. The lowest BCUT2D eigenvalue weighted by Gasteiger charge is -2.12. The zero-order valence-electron chi connectivity index (χ0n) is 25.2. The SMILES string of the molecule is c1ccc(-c2nc(-c3ccc(-c4cccc5oc6nc7ccccc7cc6c45)cc3)nc(-c3ccccc3-c3ccccc3)n2)cc1. The predicted octanol–water partition coefficient (Wildman–Crippen LogP) is 10.7. The average Bonchev–Trinajstić information content (AvgIpc) is 3.52. The zero-order chi connectivity index (χ0) is 31.2. The number of para-hydroxylation sites is 1. The molecule has 47 heavy (non-hydrogen) atoms. The van der Waals surface area contributed by atoms with Crippen molar-refractivity contribution < 1.29 is 4.42 Å². The van der Waals surface area contributed by atoms with Crippen LogP contribution in [-0.2, 0) is 0 Å². The van der Waals surface area contributed by atoms with Gasteiger partial charge in [-0.2, -0.15) is 0 Å². The molecule has 5 nitrogen and oxygen atoms in total. The molecule has 0 bridgehead atoms. The molecule has 3 aromatic heterocycles. The lowest BCUT2D eigenvalue weighted by molar-refractivity contribution is 0.656. The second kappa shape index (κ2) is 11.2. The van der Waals surface area contributed by atoms with Crippen LogP contribution in [0.4, 0.5) is 0 Å². The van der Waals surface area contributed by atoms with Crippen molar-refractivity contribution in [1.29, 1.82) is 0 Å². The summed E-state index contributed by atoms with van der Waals surface area (Å²) in [4.78, 5) is 19.8. The summed E-state index contributed by atoms with van der Waals surface area (Å²) < 4.78 is 6.23. The lowest BCUT2D eigenvalue weighted by atomic mass is 9.98. The predicted molar refractivity (Wildman–Crippen MR) is 190 cm³/mol. The van der Waals surface area contributed by atoms with Gasteiger partial charge in [0.25, 0.3) is 0 Å². The maximum Gasteiger partial charge on any atom is 0.227 e. The van der Waals surface area contributed by atoms with E-state index in [4.69, 9.17) is 24.4 Å². The van der Waals surface area contributed by atoms with Crippen LogP contribution >= 0.6 is 0 Å². The van der Waals surface area contributed by atoms with Gasteiger partial charge in [0.15, 0.2) is 17.5 Å². The Morgan fingerprint density at radius 2 is 0.936 bits per heavy atom. The van der Waals surface area contributed by atoms with Gasteiger partial charge < -0.3 is 4.42 Å². The molecule has 0 fully saturated rings. The highest BCUT2D eigenvalue weighted by Crippen LogP contribution is 2.38. The summed E-state index contributed by atoms with van der Waals surface area (Å²) in [6.07, 6.45) is 0. The van der Waals surface area contributed by atoms with Gasteiger partial charge in [-0.05, 0) is 40.5 Å². The summed E-state index contributed by atoms with van der Waals surface area (Å²) in [5, 5.41) is 3.14. The molecule has 0 unspecified atom stereocenters. The van der Waals surface area contributed by atoms with Gasteiger partial charge in [0.2, 0.25) is 5.71 Å². The van der Waals surface area contributed by atoms with Crippen molar-refractivity contribution in [3.63, 3.8) is 0 Å². The van der Waals surface area contributed by atoms with Gasteiger partial charge in [-0.3, -0.25) is 0 Å². The van der Waals surface area contributed by atoms with Gasteiger partial charge in [-0.15, -0.1) is 0 Å². The minimum Gasteiger partial charge on any atom is -0.438 e. The normalized spacial score (nSPS) is 11.4. The van der Waals surface area contributed by atoms with Gasteiger partial charge in [-0.25, -0.2) is 19.9 Å². The van der Waals surface area contributed by atoms with E-state index in [0.717, 1.165) is 66.2 Å². The first-order chi connectivity index (χ1) is 23.3. The number of fused-ring (bicyclic) bond motifs is 4. The Labute approximate surface area is 270 Å². The third-order valence-electron chi connectivity index (χ3n) is 8.57. The van der Waals surface area contributed by atoms with E-state index in [9.17, 15) is 0 Å². The summed E-state index contributed by atoms with van der Waals surface area (Å²) in [5.74, 6) is 1.88. The molecule has 0 aliphatic rings. The second-order valence-corrected chi connectivity index (χ2v) is 11.5. The lowest BCUT2D eigenvalue weighted by Crippen LogP contribution is -2.01. The fraction of sp³-hybridized carbons (Fsp3) is 0. The molecule has 0 atom stereocenters. The molecular weight excluding hydrogens is 576 g/mol. The molecule has 0 saturated heterocycles. The van der Waals surface area contributed by atoms with Gasteiger partial charge in [0, 0.05) is 32.8 Å². The molecule has 0 saturated carbocycles. The third-order valence-corrected chi connectivity index (χ3v) is 8.57. The maximum atomic E-state index is 6.23. The molecule has 5 heteroatoms. The minimum absolute atomic E-state index is 0.617. The Hall–Kier alpha value is -6.46. The van der Waals surface area contributed by atoms with E-state index in [1.165, 1.54) is 0 Å². The van der Waals surface area contributed by atoms with E-state index in [1.807, 2.05) is 91.0 Å². The number of aromatic nitrogens is 4. The summed E-state index contributed by atoms with van der Waals surface area (Å²) in [6, 6.07) is 53.6. The van der Waals surface area contributed by atoms with Crippen LogP contribution in [-0.4, -0.2) is 19.9 Å². The maximum absolute atomic E-state index is 6.23. The van der Waals surface area contributed by atoms with E-state index >= 15 is 0 Å². The van der Waals surface area contributed by atoms with Gasteiger partial charge in [0.05, 0.1) is 5.52 Å². The van der Waals surface area contributed by atoms with Gasteiger partial charge >= 0.3 is 0 Å². The molecule has 0 aliphatic heterocycles. The first-order valence-electron chi connectivity index (χ1n) is 15.6. The third kappa shape index (κ3) is 4.82. The van der Waals surface area contributed by atoms with Crippen molar-refractivity contribution in [3.05, 3.63) is 158 Å². The number of furan rings is 1. The van der Waals surface area contributed by atoms with E-state index in [-0.39, 0.29) is 0 Å². The highest BCUT2D eigenvalue weighted by Gasteiger charge is 2.17. The Bertz CT molecular complexity index is 2560. The Morgan fingerprint density at radius 1 is 0.383 bits per heavy atom. The van der Waals surface area contributed by atoms with Gasteiger partial charge in [0.1, 0.15) is 5.58 Å². The highest BCUT2D eigenvalue weighted by molar-refractivity contribution is 6.13. The summed E-state index contributed by atoms with van der Waals surface area (Å²) in [6.45, 7) is 0. The average molecular weight is 603 g/mol. The molecule has 9 aromatic rings. The van der Waals surface area contributed by atoms with E-state index in [2.05, 4.69) is 66.7 Å². The van der Waals surface area contributed by atoms with Crippen LogP contribution in [0.15, 0.2) is 162 Å². The van der Waals surface area contributed by atoms with Crippen LogP contribution in [0.1, 0.15) is 0 Å². The Morgan fingerprint density at radius 3 is 1.70 bits per heavy atom. The Kier molecular flexibility index (Phi) is 6.39. The number of benzene rings is 6. The standard InChI is InChI=1S/C42H26N4O/c1-3-12-27(13-4-1)32-17-8-9-18-34(32)41-45-39(29-14-5-2-6-15-29)44-40(46-41)30-24-22-28(23-25-30)33-19-11-21-37-38(33)35-26-31-16-7-10-20-36(31)43-42(35)47-37/h1-26H. The number of hydrogen-bond acceptors (Lipinski definition) is 5. The monoisotopic (exact) mass is 602 g/mol. The largest absolute Gasteiger partial charge is 0.438 e.